The summed E-state index contributed by atoms with van der Waals surface area (Å²) >= 11 is 0. The lowest BCUT2D eigenvalue weighted by Gasteiger charge is -2.15. The van der Waals surface area contributed by atoms with Crippen LogP contribution < -0.4 is 5.32 Å². The number of hydrogen-bond acceptors (Lipinski definition) is 4. The van der Waals surface area contributed by atoms with Crippen LogP contribution >= 0.6 is 0 Å². The van der Waals surface area contributed by atoms with Crippen LogP contribution in [-0.4, -0.2) is 10.3 Å². The van der Waals surface area contributed by atoms with Gasteiger partial charge in [0.2, 0.25) is 0 Å². The summed E-state index contributed by atoms with van der Waals surface area (Å²) in [5.74, 6) is 0.290. The van der Waals surface area contributed by atoms with Gasteiger partial charge in [0, 0.05) is 29.8 Å². The SMILES string of the molecule is Cc1noc(C)c1CNC(C)c1ccc(F)cc1O. The fourth-order valence-corrected chi connectivity index (χ4v) is 2.00. The molecule has 0 aliphatic rings. The Labute approximate surface area is 111 Å². The fourth-order valence-electron chi connectivity index (χ4n) is 2.00. The van der Waals surface area contributed by atoms with E-state index in [4.69, 9.17) is 4.52 Å². The molecule has 0 saturated heterocycles. The van der Waals surface area contributed by atoms with Crippen molar-refractivity contribution < 1.29 is 14.0 Å². The van der Waals surface area contributed by atoms with Crippen LogP contribution in [0.2, 0.25) is 0 Å². The topological polar surface area (TPSA) is 58.3 Å². The highest BCUT2D eigenvalue weighted by Crippen LogP contribution is 2.25. The molecule has 19 heavy (non-hydrogen) atoms. The molecule has 0 aliphatic carbocycles. The fraction of sp³-hybridized carbons (Fsp3) is 0.357. The lowest BCUT2D eigenvalue weighted by molar-refractivity contribution is 0.391. The van der Waals surface area contributed by atoms with Gasteiger partial charge >= 0.3 is 0 Å². The van der Waals surface area contributed by atoms with Crippen molar-refractivity contribution in [2.45, 2.75) is 33.4 Å². The number of hydrogen-bond donors (Lipinski definition) is 2. The summed E-state index contributed by atoms with van der Waals surface area (Å²) in [6.45, 7) is 6.23. The molecule has 2 rings (SSSR count). The summed E-state index contributed by atoms with van der Waals surface area (Å²) in [4.78, 5) is 0. The Hall–Kier alpha value is -1.88. The maximum Gasteiger partial charge on any atom is 0.138 e. The molecule has 0 saturated carbocycles. The molecule has 1 heterocycles. The number of aryl methyl sites for hydroxylation is 2. The van der Waals surface area contributed by atoms with Gasteiger partial charge < -0.3 is 14.9 Å². The molecular weight excluding hydrogens is 247 g/mol. The van der Waals surface area contributed by atoms with E-state index in [1.165, 1.54) is 6.07 Å². The zero-order valence-corrected chi connectivity index (χ0v) is 11.2. The first kappa shape index (κ1) is 13.5. The summed E-state index contributed by atoms with van der Waals surface area (Å²) in [5.41, 5.74) is 2.52. The van der Waals surface area contributed by atoms with Gasteiger partial charge in [-0.3, -0.25) is 0 Å². The maximum atomic E-state index is 12.9. The molecule has 2 aromatic rings. The van der Waals surface area contributed by atoms with Crippen molar-refractivity contribution in [2.75, 3.05) is 0 Å². The van der Waals surface area contributed by atoms with E-state index < -0.39 is 5.82 Å². The minimum absolute atomic E-state index is 0.0428. The third-order valence-corrected chi connectivity index (χ3v) is 3.23. The van der Waals surface area contributed by atoms with Gasteiger partial charge in [0.1, 0.15) is 17.3 Å². The summed E-state index contributed by atoms with van der Waals surface area (Å²) in [6, 6.07) is 3.93. The van der Waals surface area contributed by atoms with Crippen LogP contribution in [-0.2, 0) is 6.54 Å². The zero-order chi connectivity index (χ0) is 14.0. The Balaban J connectivity index is 2.07. The van der Waals surface area contributed by atoms with Gasteiger partial charge in [0.05, 0.1) is 5.69 Å². The highest BCUT2D eigenvalue weighted by molar-refractivity contribution is 5.35. The number of nitrogens with zero attached hydrogens (tertiary/aromatic N) is 1. The molecule has 1 aromatic carbocycles. The van der Waals surface area contributed by atoms with E-state index in [1.54, 1.807) is 6.07 Å². The molecule has 5 heteroatoms. The van der Waals surface area contributed by atoms with E-state index in [9.17, 15) is 9.50 Å². The highest BCUT2D eigenvalue weighted by Gasteiger charge is 2.13. The molecule has 0 radical (unpaired) electrons. The van der Waals surface area contributed by atoms with Crippen molar-refractivity contribution in [2.24, 2.45) is 0 Å². The Bertz CT molecular complexity index is 561. The largest absolute Gasteiger partial charge is 0.508 e. The van der Waals surface area contributed by atoms with Gasteiger partial charge in [-0.25, -0.2) is 4.39 Å². The van der Waals surface area contributed by atoms with Crippen LogP contribution in [0.15, 0.2) is 22.7 Å². The van der Waals surface area contributed by atoms with Gasteiger partial charge in [-0.05, 0) is 26.8 Å². The minimum atomic E-state index is -0.445. The molecule has 2 N–H and O–H groups in total. The van der Waals surface area contributed by atoms with Crippen LogP contribution in [0.1, 0.15) is 35.5 Å². The van der Waals surface area contributed by atoms with E-state index in [2.05, 4.69) is 10.5 Å². The van der Waals surface area contributed by atoms with Crippen molar-refractivity contribution in [3.63, 3.8) is 0 Å². The van der Waals surface area contributed by atoms with E-state index in [0.29, 0.717) is 12.1 Å². The van der Waals surface area contributed by atoms with Gasteiger partial charge in [0.15, 0.2) is 0 Å². The maximum absolute atomic E-state index is 12.9. The van der Waals surface area contributed by atoms with E-state index in [0.717, 1.165) is 23.1 Å². The molecular formula is C14H17FN2O2. The van der Waals surface area contributed by atoms with Crippen molar-refractivity contribution in [1.82, 2.24) is 10.5 Å². The summed E-state index contributed by atoms with van der Waals surface area (Å²) < 4.78 is 18.0. The normalized spacial score (nSPS) is 12.6. The summed E-state index contributed by atoms with van der Waals surface area (Å²) in [7, 11) is 0. The van der Waals surface area contributed by atoms with Crippen LogP contribution in [0.4, 0.5) is 4.39 Å². The van der Waals surface area contributed by atoms with Crippen LogP contribution in [0.5, 0.6) is 5.75 Å². The smallest absolute Gasteiger partial charge is 0.138 e. The average molecular weight is 264 g/mol. The Kier molecular flexibility index (Phi) is 3.85. The van der Waals surface area contributed by atoms with Gasteiger partial charge in [-0.1, -0.05) is 11.2 Å². The van der Waals surface area contributed by atoms with Gasteiger partial charge in [0.25, 0.3) is 0 Å². The number of benzene rings is 1. The third kappa shape index (κ3) is 2.93. The zero-order valence-electron chi connectivity index (χ0n) is 11.2. The summed E-state index contributed by atoms with van der Waals surface area (Å²) in [6.07, 6.45) is 0. The number of phenolic OH excluding ortho intramolecular Hbond substituents is 1. The molecule has 0 fully saturated rings. The van der Waals surface area contributed by atoms with Crippen molar-refractivity contribution in [1.29, 1.82) is 0 Å². The second kappa shape index (κ2) is 5.40. The van der Waals surface area contributed by atoms with E-state index in [1.807, 2.05) is 20.8 Å². The molecule has 1 aromatic heterocycles. The number of aromatic nitrogens is 1. The van der Waals surface area contributed by atoms with Crippen LogP contribution in [0, 0.1) is 19.7 Å². The molecule has 0 aliphatic heterocycles. The van der Waals surface area contributed by atoms with E-state index >= 15 is 0 Å². The highest BCUT2D eigenvalue weighted by atomic mass is 19.1. The molecule has 1 atom stereocenters. The minimum Gasteiger partial charge on any atom is -0.508 e. The molecule has 1 unspecified atom stereocenters. The first-order valence-corrected chi connectivity index (χ1v) is 6.12. The van der Waals surface area contributed by atoms with Crippen molar-refractivity contribution in [3.8, 4) is 5.75 Å². The second-order valence-corrected chi connectivity index (χ2v) is 4.61. The first-order chi connectivity index (χ1) is 8.99. The Morgan fingerprint density at radius 2 is 2.16 bits per heavy atom. The molecule has 102 valence electrons. The van der Waals surface area contributed by atoms with Crippen LogP contribution in [0.3, 0.4) is 0 Å². The monoisotopic (exact) mass is 264 g/mol. The number of nitrogens with one attached hydrogen (secondary N) is 1. The van der Waals surface area contributed by atoms with Crippen molar-refractivity contribution in [3.05, 3.63) is 46.6 Å². The average Bonchev–Trinajstić information content (AvgIpc) is 2.66. The third-order valence-electron chi connectivity index (χ3n) is 3.23. The van der Waals surface area contributed by atoms with Crippen LogP contribution in [0.25, 0.3) is 0 Å². The molecule has 0 amide bonds. The first-order valence-electron chi connectivity index (χ1n) is 6.12. The standard InChI is InChI=1S/C14H17FN2O2/c1-8(12-5-4-11(15)6-14(12)18)16-7-13-9(2)17-19-10(13)3/h4-6,8,16,18H,7H2,1-3H3. The molecule has 4 nitrogen and oxygen atoms in total. The summed E-state index contributed by atoms with van der Waals surface area (Å²) in [5, 5.41) is 16.9. The van der Waals surface area contributed by atoms with E-state index in [-0.39, 0.29) is 11.8 Å². The predicted molar refractivity (Wildman–Crippen MR) is 69.3 cm³/mol. The number of halogens is 1. The predicted octanol–water partition coefficient (Wildman–Crippen LogP) is 2.99. The lowest BCUT2D eigenvalue weighted by atomic mass is 10.1. The quantitative estimate of drug-likeness (QED) is 0.891. The lowest BCUT2D eigenvalue weighted by Crippen LogP contribution is -2.19. The van der Waals surface area contributed by atoms with Crippen molar-refractivity contribution >= 4 is 0 Å². The molecule has 0 bridgehead atoms. The van der Waals surface area contributed by atoms with Gasteiger partial charge in [-0.15, -0.1) is 0 Å². The number of aromatic hydroxyl groups is 1. The number of rotatable bonds is 4. The Morgan fingerprint density at radius 3 is 2.74 bits per heavy atom. The Morgan fingerprint density at radius 1 is 1.42 bits per heavy atom. The van der Waals surface area contributed by atoms with Gasteiger partial charge in [-0.2, -0.15) is 0 Å². The second-order valence-electron chi connectivity index (χ2n) is 4.61. The number of phenols is 1. The molecule has 0 spiro atoms.